The van der Waals surface area contributed by atoms with Gasteiger partial charge < -0.3 is 20.3 Å². The molecular formula is C21H30IN7O. The van der Waals surface area contributed by atoms with Gasteiger partial charge in [-0.25, -0.2) is 9.67 Å². The molecule has 0 saturated carbocycles. The zero-order chi connectivity index (χ0) is 20.1. The van der Waals surface area contributed by atoms with E-state index in [0.717, 1.165) is 56.6 Å². The van der Waals surface area contributed by atoms with Crippen LogP contribution in [0.2, 0.25) is 0 Å². The number of hydrogen-bond acceptors (Lipinski definition) is 5. The van der Waals surface area contributed by atoms with Gasteiger partial charge in [0.25, 0.3) is 0 Å². The predicted molar refractivity (Wildman–Crippen MR) is 129 cm³/mol. The summed E-state index contributed by atoms with van der Waals surface area (Å²) in [6, 6.07) is 8.94. The number of nitrogens with one attached hydrogen (secondary N) is 2. The molecule has 1 unspecified atom stereocenters. The summed E-state index contributed by atoms with van der Waals surface area (Å²) in [5, 5.41) is 11.5. The van der Waals surface area contributed by atoms with Gasteiger partial charge >= 0.3 is 0 Å². The molecular weight excluding hydrogens is 493 g/mol. The maximum Gasteiger partial charge on any atom is 0.191 e. The zero-order valence-electron chi connectivity index (χ0n) is 17.5. The highest BCUT2D eigenvalue weighted by Gasteiger charge is 2.22. The van der Waals surface area contributed by atoms with Gasteiger partial charge in [0.05, 0.1) is 6.54 Å². The summed E-state index contributed by atoms with van der Waals surface area (Å²) in [6.45, 7) is 3.93. The Morgan fingerprint density at radius 2 is 2.13 bits per heavy atom. The maximum absolute atomic E-state index is 5.14. The third kappa shape index (κ3) is 5.51. The first-order chi connectivity index (χ1) is 14.2. The molecule has 3 heterocycles. The quantitative estimate of drug-likeness (QED) is 0.262. The fourth-order valence-electron chi connectivity index (χ4n) is 3.79. The first kappa shape index (κ1) is 22.5. The van der Waals surface area contributed by atoms with E-state index in [1.807, 2.05) is 11.7 Å². The van der Waals surface area contributed by atoms with E-state index in [-0.39, 0.29) is 30.0 Å². The fourth-order valence-corrected chi connectivity index (χ4v) is 3.79. The Bertz CT molecular complexity index is 887. The molecule has 2 aliphatic heterocycles. The number of ether oxygens (including phenoxy) is 1. The smallest absolute Gasteiger partial charge is 0.191 e. The topological polar surface area (TPSA) is 79.6 Å². The van der Waals surface area contributed by atoms with Crippen molar-refractivity contribution in [2.45, 2.75) is 38.6 Å². The molecule has 2 aliphatic rings. The molecule has 1 atom stereocenters. The lowest BCUT2D eigenvalue weighted by Gasteiger charge is -2.25. The van der Waals surface area contributed by atoms with E-state index in [1.54, 1.807) is 7.11 Å². The molecule has 0 bridgehead atoms. The van der Waals surface area contributed by atoms with Crippen molar-refractivity contribution >= 4 is 35.6 Å². The standard InChI is InChI=1S/C21H29N7O.HI/c1-22-21(23-13-16-6-5-7-18(12-16)27-10-3-4-11-27)24-17-8-9-20-25-19(15-29-2)26-28(20)14-17;/h3-7,12,17H,8-11,13-15H2,1-2H3,(H2,22,23,24);1H. The van der Waals surface area contributed by atoms with Crippen LogP contribution in [0.3, 0.4) is 0 Å². The highest BCUT2D eigenvalue weighted by molar-refractivity contribution is 14.0. The summed E-state index contributed by atoms with van der Waals surface area (Å²) in [6.07, 6.45) is 6.32. The Labute approximate surface area is 194 Å². The molecule has 162 valence electrons. The molecule has 2 N–H and O–H groups in total. The number of fused-ring (bicyclic) bond motifs is 1. The molecule has 1 aromatic carbocycles. The predicted octanol–water partition coefficient (Wildman–Crippen LogP) is 2.10. The summed E-state index contributed by atoms with van der Waals surface area (Å²) in [4.78, 5) is 11.3. The van der Waals surface area contributed by atoms with Crippen LogP contribution >= 0.6 is 24.0 Å². The van der Waals surface area contributed by atoms with Crippen molar-refractivity contribution in [2.75, 3.05) is 32.1 Å². The Morgan fingerprint density at radius 3 is 2.90 bits per heavy atom. The molecule has 4 rings (SSSR count). The van der Waals surface area contributed by atoms with Crippen molar-refractivity contribution in [3.05, 3.63) is 53.6 Å². The van der Waals surface area contributed by atoms with Crippen molar-refractivity contribution < 1.29 is 4.74 Å². The Morgan fingerprint density at radius 1 is 1.30 bits per heavy atom. The van der Waals surface area contributed by atoms with Crippen LogP contribution in [0, 0.1) is 0 Å². The van der Waals surface area contributed by atoms with Crippen LogP contribution < -0.4 is 15.5 Å². The van der Waals surface area contributed by atoms with Crippen LogP contribution in [0.15, 0.2) is 41.4 Å². The van der Waals surface area contributed by atoms with E-state index in [2.05, 4.69) is 67.0 Å². The molecule has 0 radical (unpaired) electrons. The summed E-state index contributed by atoms with van der Waals surface area (Å²) < 4.78 is 7.12. The number of halogens is 1. The average molecular weight is 523 g/mol. The van der Waals surface area contributed by atoms with Gasteiger partial charge in [0, 0.05) is 51.9 Å². The van der Waals surface area contributed by atoms with Crippen LogP contribution in [0.4, 0.5) is 5.69 Å². The number of benzene rings is 1. The van der Waals surface area contributed by atoms with Gasteiger partial charge in [-0.1, -0.05) is 24.3 Å². The normalized spacial score (nSPS) is 18.1. The van der Waals surface area contributed by atoms with E-state index in [0.29, 0.717) is 6.61 Å². The minimum atomic E-state index is 0. The second kappa shape index (κ2) is 10.8. The van der Waals surface area contributed by atoms with E-state index in [4.69, 9.17) is 4.74 Å². The second-order valence-electron chi connectivity index (χ2n) is 7.41. The van der Waals surface area contributed by atoms with Crippen molar-refractivity contribution in [1.29, 1.82) is 0 Å². The number of guanidine groups is 1. The molecule has 8 nitrogen and oxygen atoms in total. The average Bonchev–Trinajstić information content (AvgIpc) is 3.41. The summed E-state index contributed by atoms with van der Waals surface area (Å²) in [7, 11) is 3.47. The molecule has 30 heavy (non-hydrogen) atoms. The molecule has 2 aromatic rings. The minimum absolute atomic E-state index is 0. The molecule has 0 fully saturated rings. The Balaban J connectivity index is 0.00000256. The van der Waals surface area contributed by atoms with Gasteiger partial charge in [-0.3, -0.25) is 4.99 Å². The first-order valence-corrected chi connectivity index (χ1v) is 10.1. The van der Waals surface area contributed by atoms with Crippen molar-refractivity contribution in [3.8, 4) is 0 Å². The number of methoxy groups -OCH3 is 1. The SMILES string of the molecule is CN=C(NCc1cccc(N2CC=CC2)c1)NC1CCc2nc(COC)nn2C1.I. The lowest BCUT2D eigenvalue weighted by Crippen LogP contribution is -2.46. The number of rotatable bonds is 6. The lowest BCUT2D eigenvalue weighted by molar-refractivity contribution is 0.177. The van der Waals surface area contributed by atoms with Crippen LogP contribution in [0.25, 0.3) is 0 Å². The number of aromatic nitrogens is 3. The molecule has 9 heteroatoms. The van der Waals surface area contributed by atoms with Gasteiger partial charge in [-0.2, -0.15) is 5.10 Å². The zero-order valence-corrected chi connectivity index (χ0v) is 19.9. The van der Waals surface area contributed by atoms with E-state index in [9.17, 15) is 0 Å². The lowest BCUT2D eigenvalue weighted by atomic mass is 10.1. The molecule has 0 saturated heterocycles. The summed E-state index contributed by atoms with van der Waals surface area (Å²) in [5.41, 5.74) is 2.50. The third-order valence-electron chi connectivity index (χ3n) is 5.29. The van der Waals surface area contributed by atoms with E-state index < -0.39 is 0 Å². The van der Waals surface area contributed by atoms with Crippen molar-refractivity contribution in [3.63, 3.8) is 0 Å². The highest BCUT2D eigenvalue weighted by atomic mass is 127. The van der Waals surface area contributed by atoms with Crippen LogP contribution in [0.1, 0.15) is 23.6 Å². The Hall–Kier alpha value is -2.14. The summed E-state index contributed by atoms with van der Waals surface area (Å²) >= 11 is 0. The number of aliphatic imine (C=N–C) groups is 1. The largest absolute Gasteiger partial charge is 0.377 e. The molecule has 0 amide bonds. The fraction of sp³-hybridized carbons (Fsp3) is 0.476. The van der Waals surface area contributed by atoms with Gasteiger partial charge in [-0.15, -0.1) is 24.0 Å². The van der Waals surface area contributed by atoms with Gasteiger partial charge in [0.2, 0.25) is 0 Å². The minimum Gasteiger partial charge on any atom is -0.377 e. The second-order valence-corrected chi connectivity index (χ2v) is 7.41. The number of anilines is 1. The molecule has 0 aliphatic carbocycles. The van der Waals surface area contributed by atoms with Crippen LogP contribution in [-0.4, -0.2) is 54.0 Å². The number of aryl methyl sites for hydroxylation is 1. The Kier molecular flexibility index (Phi) is 8.08. The van der Waals surface area contributed by atoms with Gasteiger partial charge in [0.1, 0.15) is 12.4 Å². The number of hydrogen-bond donors (Lipinski definition) is 2. The highest BCUT2D eigenvalue weighted by Crippen LogP contribution is 2.18. The summed E-state index contributed by atoms with van der Waals surface area (Å²) in [5.74, 6) is 2.59. The van der Waals surface area contributed by atoms with Gasteiger partial charge in [0.15, 0.2) is 11.8 Å². The third-order valence-corrected chi connectivity index (χ3v) is 5.29. The van der Waals surface area contributed by atoms with Crippen molar-refractivity contribution in [2.24, 2.45) is 4.99 Å². The van der Waals surface area contributed by atoms with Crippen LogP contribution in [-0.2, 0) is 30.9 Å². The van der Waals surface area contributed by atoms with E-state index >= 15 is 0 Å². The first-order valence-electron chi connectivity index (χ1n) is 10.1. The van der Waals surface area contributed by atoms with E-state index in [1.165, 1.54) is 11.3 Å². The van der Waals surface area contributed by atoms with Crippen LogP contribution in [0.5, 0.6) is 0 Å². The maximum atomic E-state index is 5.14. The number of nitrogens with zero attached hydrogens (tertiary/aromatic N) is 5. The monoisotopic (exact) mass is 523 g/mol. The van der Waals surface area contributed by atoms with Crippen molar-refractivity contribution in [1.82, 2.24) is 25.4 Å². The molecule has 0 spiro atoms. The van der Waals surface area contributed by atoms with Gasteiger partial charge in [-0.05, 0) is 24.1 Å². The molecule has 1 aromatic heterocycles.